The van der Waals surface area contributed by atoms with Crippen LogP contribution in [-0.4, -0.2) is 11.7 Å². The van der Waals surface area contributed by atoms with Crippen molar-refractivity contribution < 1.29 is 4.42 Å². The van der Waals surface area contributed by atoms with Crippen molar-refractivity contribution in [1.29, 1.82) is 0 Å². The van der Waals surface area contributed by atoms with Gasteiger partial charge in [0.2, 0.25) is 0 Å². The van der Waals surface area contributed by atoms with Crippen LogP contribution < -0.4 is 5.32 Å². The second-order valence-electron chi connectivity index (χ2n) is 14.2. The lowest BCUT2D eigenvalue weighted by Gasteiger charge is -2.22. The van der Waals surface area contributed by atoms with Crippen LogP contribution in [0.15, 0.2) is 202 Å². The predicted octanol–water partition coefficient (Wildman–Crippen LogP) is 13.5. The molecule has 1 aliphatic heterocycles. The number of benzene rings is 8. The van der Waals surface area contributed by atoms with E-state index in [0.29, 0.717) is 0 Å². The zero-order valence-electron chi connectivity index (χ0n) is 30.2. The van der Waals surface area contributed by atoms with Gasteiger partial charge in [0.05, 0.1) is 5.56 Å². The SMILES string of the molecule is c1ccc(-c2cccc(-c3ccc(C4=NC(c5ccc6c(c5)sc5ccc(-c7ccccc7)cc56)N=C(c5cccc6c5oc5ccccc56)N4)cc3)c2)cc1. The van der Waals surface area contributed by atoms with E-state index in [1.54, 1.807) is 0 Å². The average Bonchev–Trinajstić information content (AvgIpc) is 3.85. The van der Waals surface area contributed by atoms with E-state index in [9.17, 15) is 0 Å². The molecular weight excluding hydrogens is 703 g/mol. The monoisotopic (exact) mass is 735 g/mol. The van der Waals surface area contributed by atoms with Crippen LogP contribution in [0.2, 0.25) is 0 Å². The van der Waals surface area contributed by atoms with E-state index in [1.807, 2.05) is 23.5 Å². The molecule has 264 valence electrons. The summed E-state index contributed by atoms with van der Waals surface area (Å²) in [4.78, 5) is 10.6. The standard InChI is InChI=1S/C51H33N3OS/c1-3-11-32(12-4-1)36-15-9-16-37(29-36)34-21-23-35(24-22-34)49-52-50(54-51(53-49)43-19-10-18-42-40-17-7-8-20-45(40)55-48(42)43)39-25-27-41-44-30-38(33-13-5-2-6-14-33)26-28-46(44)56-47(41)31-39/h1-31,50H,(H,52,53,54). The third-order valence-corrected chi connectivity index (χ3v) is 11.9. The molecule has 8 aromatic carbocycles. The largest absolute Gasteiger partial charge is 0.455 e. The molecule has 1 N–H and O–H groups in total. The maximum absolute atomic E-state index is 6.50. The molecule has 0 saturated heterocycles. The van der Waals surface area contributed by atoms with Crippen molar-refractivity contribution >= 4 is 65.1 Å². The van der Waals surface area contributed by atoms with Gasteiger partial charge >= 0.3 is 0 Å². The number of fused-ring (bicyclic) bond motifs is 6. The summed E-state index contributed by atoms with van der Waals surface area (Å²) in [5.41, 5.74) is 11.7. The second-order valence-corrected chi connectivity index (χ2v) is 15.3. The topological polar surface area (TPSA) is 49.9 Å². The normalized spacial score (nSPS) is 14.2. The van der Waals surface area contributed by atoms with Crippen LogP contribution in [-0.2, 0) is 0 Å². The molecule has 5 heteroatoms. The molecule has 0 saturated carbocycles. The number of aliphatic imine (C=N–C) groups is 2. The highest BCUT2D eigenvalue weighted by Gasteiger charge is 2.24. The zero-order chi connectivity index (χ0) is 37.0. The summed E-state index contributed by atoms with van der Waals surface area (Å²) >= 11 is 1.81. The number of hydrogen-bond donors (Lipinski definition) is 1. The molecule has 0 bridgehead atoms. The highest BCUT2D eigenvalue weighted by atomic mass is 32.1. The zero-order valence-corrected chi connectivity index (χ0v) is 31.0. The molecule has 11 rings (SSSR count). The number of para-hydroxylation sites is 2. The van der Waals surface area contributed by atoms with Crippen LogP contribution >= 0.6 is 11.3 Å². The molecule has 1 atom stereocenters. The molecular formula is C51H33N3OS. The summed E-state index contributed by atoms with van der Waals surface area (Å²) < 4.78 is 8.98. The number of amidine groups is 2. The minimum absolute atomic E-state index is 0.461. The first kappa shape index (κ1) is 32.4. The average molecular weight is 736 g/mol. The maximum Gasteiger partial charge on any atom is 0.169 e. The van der Waals surface area contributed by atoms with Crippen molar-refractivity contribution in [2.24, 2.45) is 9.98 Å². The molecule has 56 heavy (non-hydrogen) atoms. The van der Waals surface area contributed by atoms with E-state index in [0.717, 1.165) is 55.9 Å². The van der Waals surface area contributed by atoms with Gasteiger partial charge in [-0.15, -0.1) is 11.3 Å². The van der Waals surface area contributed by atoms with Gasteiger partial charge in [-0.1, -0.05) is 152 Å². The van der Waals surface area contributed by atoms with Crippen LogP contribution in [0.5, 0.6) is 0 Å². The Balaban J connectivity index is 1.00. The van der Waals surface area contributed by atoms with E-state index in [1.165, 1.54) is 48.0 Å². The minimum atomic E-state index is -0.461. The van der Waals surface area contributed by atoms with Crippen molar-refractivity contribution in [2.75, 3.05) is 0 Å². The van der Waals surface area contributed by atoms with Gasteiger partial charge in [-0.25, -0.2) is 9.98 Å². The molecule has 2 aromatic heterocycles. The van der Waals surface area contributed by atoms with Crippen LogP contribution in [0, 0.1) is 0 Å². The van der Waals surface area contributed by atoms with Gasteiger partial charge in [0.1, 0.15) is 22.8 Å². The Morgan fingerprint density at radius 3 is 1.80 bits per heavy atom. The highest BCUT2D eigenvalue weighted by Crippen LogP contribution is 2.39. The number of hydrogen-bond acceptors (Lipinski definition) is 5. The predicted molar refractivity (Wildman–Crippen MR) is 235 cm³/mol. The van der Waals surface area contributed by atoms with E-state index >= 15 is 0 Å². The summed E-state index contributed by atoms with van der Waals surface area (Å²) in [6, 6.07) is 66.4. The van der Waals surface area contributed by atoms with E-state index in [-0.39, 0.29) is 0 Å². The van der Waals surface area contributed by atoms with Crippen molar-refractivity contribution in [3.05, 3.63) is 205 Å². The lowest BCUT2D eigenvalue weighted by molar-refractivity contribution is 0.667. The fraction of sp³-hybridized carbons (Fsp3) is 0.0196. The first-order chi connectivity index (χ1) is 27.7. The van der Waals surface area contributed by atoms with Gasteiger partial charge in [0.25, 0.3) is 0 Å². The van der Waals surface area contributed by atoms with Gasteiger partial charge in [0.15, 0.2) is 6.17 Å². The summed E-state index contributed by atoms with van der Waals surface area (Å²) in [5.74, 6) is 1.50. The van der Waals surface area contributed by atoms with Crippen molar-refractivity contribution in [3.8, 4) is 33.4 Å². The lowest BCUT2D eigenvalue weighted by Crippen LogP contribution is -2.36. The van der Waals surface area contributed by atoms with Gasteiger partial charge in [-0.2, -0.15) is 0 Å². The fourth-order valence-corrected chi connectivity index (χ4v) is 9.05. The van der Waals surface area contributed by atoms with Crippen molar-refractivity contribution in [1.82, 2.24) is 5.32 Å². The van der Waals surface area contributed by atoms with Crippen molar-refractivity contribution in [2.45, 2.75) is 6.17 Å². The third-order valence-electron chi connectivity index (χ3n) is 10.8. The van der Waals surface area contributed by atoms with E-state index in [4.69, 9.17) is 14.4 Å². The molecule has 0 amide bonds. The molecule has 3 heterocycles. The minimum Gasteiger partial charge on any atom is -0.455 e. The Morgan fingerprint density at radius 2 is 1.02 bits per heavy atom. The molecule has 0 aliphatic carbocycles. The summed E-state index contributed by atoms with van der Waals surface area (Å²) in [6.45, 7) is 0. The quantitative estimate of drug-likeness (QED) is 0.185. The molecule has 1 unspecified atom stereocenters. The smallest absolute Gasteiger partial charge is 0.169 e. The molecule has 0 spiro atoms. The third kappa shape index (κ3) is 5.69. The Morgan fingerprint density at radius 1 is 0.411 bits per heavy atom. The van der Waals surface area contributed by atoms with E-state index in [2.05, 4.69) is 181 Å². The Bertz CT molecular complexity index is 3160. The summed E-state index contributed by atoms with van der Waals surface area (Å²) in [7, 11) is 0. The number of nitrogens with one attached hydrogen (secondary N) is 1. The lowest BCUT2D eigenvalue weighted by atomic mass is 9.98. The van der Waals surface area contributed by atoms with Crippen LogP contribution in [0.1, 0.15) is 22.9 Å². The van der Waals surface area contributed by atoms with Crippen LogP contribution in [0.3, 0.4) is 0 Å². The van der Waals surface area contributed by atoms with Crippen LogP contribution in [0.4, 0.5) is 0 Å². The molecule has 0 fully saturated rings. The van der Waals surface area contributed by atoms with Crippen LogP contribution in [0.25, 0.3) is 75.5 Å². The van der Waals surface area contributed by atoms with Gasteiger partial charge in [0, 0.05) is 36.5 Å². The highest BCUT2D eigenvalue weighted by molar-refractivity contribution is 7.25. The molecule has 1 aliphatic rings. The van der Waals surface area contributed by atoms with Crippen molar-refractivity contribution in [3.63, 3.8) is 0 Å². The second kappa shape index (κ2) is 13.3. The Hall–Kier alpha value is -7.08. The van der Waals surface area contributed by atoms with Gasteiger partial charge < -0.3 is 9.73 Å². The fourth-order valence-electron chi connectivity index (χ4n) is 7.91. The summed E-state index contributed by atoms with van der Waals surface area (Å²) in [5, 5.41) is 8.29. The van der Waals surface area contributed by atoms with Gasteiger partial charge in [-0.3, -0.25) is 0 Å². The molecule has 10 aromatic rings. The molecule has 4 nitrogen and oxygen atoms in total. The maximum atomic E-state index is 6.50. The first-order valence-corrected chi connectivity index (χ1v) is 19.6. The summed E-state index contributed by atoms with van der Waals surface area (Å²) in [6.07, 6.45) is -0.461. The van der Waals surface area contributed by atoms with E-state index < -0.39 is 6.17 Å². The Labute approximate surface area is 327 Å². The molecule has 0 radical (unpaired) electrons. The number of furan rings is 1. The van der Waals surface area contributed by atoms with Gasteiger partial charge in [-0.05, 0) is 75.3 Å². The number of rotatable bonds is 6. The number of nitrogens with zero attached hydrogens (tertiary/aromatic N) is 2. The Kier molecular flexibility index (Phi) is 7.71. The first-order valence-electron chi connectivity index (χ1n) is 18.8. The number of thiophene rings is 1.